The minimum Gasteiger partial charge on any atom is -0.351 e. The van der Waals surface area contributed by atoms with E-state index in [1.54, 1.807) is 6.92 Å². The SMILES string of the molecule is C=CC1(C)CCC(C)(NC(C)=O)C1. The Balaban J connectivity index is 2.66. The van der Waals surface area contributed by atoms with Gasteiger partial charge in [-0.15, -0.1) is 6.58 Å². The van der Waals surface area contributed by atoms with Crippen LogP contribution in [0, 0.1) is 5.41 Å². The molecule has 13 heavy (non-hydrogen) atoms. The molecule has 2 heteroatoms. The van der Waals surface area contributed by atoms with Crippen LogP contribution in [0.25, 0.3) is 0 Å². The zero-order chi connectivity index (χ0) is 10.1. The molecule has 0 aromatic carbocycles. The summed E-state index contributed by atoms with van der Waals surface area (Å²) in [7, 11) is 0. The van der Waals surface area contributed by atoms with Crippen LogP contribution in [0.4, 0.5) is 0 Å². The highest BCUT2D eigenvalue weighted by Gasteiger charge is 2.41. The molecule has 1 aliphatic carbocycles. The van der Waals surface area contributed by atoms with Crippen LogP contribution in [0.2, 0.25) is 0 Å². The summed E-state index contributed by atoms with van der Waals surface area (Å²) in [6.07, 6.45) is 5.19. The number of nitrogens with one attached hydrogen (secondary N) is 1. The Labute approximate surface area is 80.4 Å². The topological polar surface area (TPSA) is 29.1 Å². The summed E-state index contributed by atoms with van der Waals surface area (Å²) < 4.78 is 0. The maximum atomic E-state index is 11.0. The van der Waals surface area contributed by atoms with Gasteiger partial charge in [0.15, 0.2) is 0 Å². The Kier molecular flexibility index (Phi) is 2.51. The molecule has 0 heterocycles. The molecule has 0 bridgehead atoms. The van der Waals surface area contributed by atoms with Gasteiger partial charge in [-0.3, -0.25) is 4.79 Å². The first kappa shape index (κ1) is 10.3. The fourth-order valence-electron chi connectivity index (χ4n) is 2.34. The van der Waals surface area contributed by atoms with Crippen molar-refractivity contribution in [3.8, 4) is 0 Å². The predicted octanol–water partition coefficient (Wildman–Crippen LogP) is 2.26. The van der Waals surface area contributed by atoms with Gasteiger partial charge in [0.05, 0.1) is 0 Å². The summed E-state index contributed by atoms with van der Waals surface area (Å²) >= 11 is 0. The highest BCUT2D eigenvalue weighted by molar-refractivity contribution is 5.73. The molecule has 1 rings (SSSR count). The summed E-state index contributed by atoms with van der Waals surface area (Å²) in [5.74, 6) is 0.0656. The molecule has 1 saturated carbocycles. The second kappa shape index (κ2) is 3.17. The molecule has 1 fully saturated rings. The van der Waals surface area contributed by atoms with Crippen molar-refractivity contribution in [1.29, 1.82) is 0 Å². The van der Waals surface area contributed by atoms with Crippen LogP contribution in [0.1, 0.15) is 40.0 Å². The summed E-state index contributed by atoms with van der Waals surface area (Å²) in [5.41, 5.74) is 0.186. The molecule has 0 aliphatic heterocycles. The molecule has 1 aliphatic rings. The molecule has 1 amide bonds. The lowest BCUT2D eigenvalue weighted by Gasteiger charge is -2.27. The van der Waals surface area contributed by atoms with E-state index >= 15 is 0 Å². The van der Waals surface area contributed by atoms with Crippen molar-refractivity contribution in [3.05, 3.63) is 12.7 Å². The first-order valence-electron chi connectivity index (χ1n) is 4.82. The second-order valence-corrected chi connectivity index (χ2v) is 4.78. The zero-order valence-corrected chi connectivity index (χ0v) is 8.81. The van der Waals surface area contributed by atoms with Crippen molar-refractivity contribution in [2.45, 2.75) is 45.6 Å². The predicted molar refractivity (Wildman–Crippen MR) is 54.4 cm³/mol. The van der Waals surface area contributed by atoms with Gasteiger partial charge in [0.1, 0.15) is 0 Å². The molecule has 2 atom stereocenters. The number of amides is 1. The Morgan fingerprint density at radius 2 is 2.08 bits per heavy atom. The molecule has 0 aromatic rings. The lowest BCUT2D eigenvalue weighted by Crippen LogP contribution is -2.43. The van der Waals surface area contributed by atoms with Crippen molar-refractivity contribution < 1.29 is 4.79 Å². The van der Waals surface area contributed by atoms with Gasteiger partial charge in [0, 0.05) is 12.5 Å². The summed E-state index contributed by atoms with van der Waals surface area (Å²) in [4.78, 5) is 11.0. The number of carbonyl (C=O) groups excluding carboxylic acids is 1. The van der Waals surface area contributed by atoms with E-state index in [2.05, 4.69) is 25.7 Å². The third-order valence-corrected chi connectivity index (χ3v) is 3.01. The first-order chi connectivity index (χ1) is 5.89. The van der Waals surface area contributed by atoms with Gasteiger partial charge < -0.3 is 5.32 Å². The highest BCUT2D eigenvalue weighted by atomic mass is 16.1. The van der Waals surface area contributed by atoms with Crippen LogP contribution in [-0.2, 0) is 4.79 Å². The van der Waals surface area contributed by atoms with Crippen molar-refractivity contribution in [1.82, 2.24) is 5.32 Å². The van der Waals surface area contributed by atoms with E-state index < -0.39 is 0 Å². The third-order valence-electron chi connectivity index (χ3n) is 3.01. The number of allylic oxidation sites excluding steroid dienone is 1. The van der Waals surface area contributed by atoms with E-state index in [9.17, 15) is 4.79 Å². The number of rotatable bonds is 2. The lowest BCUT2D eigenvalue weighted by atomic mass is 9.86. The fraction of sp³-hybridized carbons (Fsp3) is 0.727. The normalized spacial score (nSPS) is 38.7. The summed E-state index contributed by atoms with van der Waals surface area (Å²) in [6, 6.07) is 0. The number of carbonyl (C=O) groups is 1. The molecule has 0 spiro atoms. The molecule has 0 aromatic heterocycles. The Morgan fingerprint density at radius 1 is 1.46 bits per heavy atom. The standard InChI is InChI=1S/C11H19NO/c1-5-10(3)6-7-11(4,8-10)12-9(2)13/h5H,1,6-8H2,2-4H3,(H,12,13). The van der Waals surface area contributed by atoms with Crippen LogP contribution in [0.5, 0.6) is 0 Å². The molecule has 1 N–H and O–H groups in total. The zero-order valence-electron chi connectivity index (χ0n) is 8.81. The maximum Gasteiger partial charge on any atom is 0.217 e. The van der Waals surface area contributed by atoms with Gasteiger partial charge in [-0.05, 0) is 31.6 Å². The van der Waals surface area contributed by atoms with Gasteiger partial charge in [-0.2, -0.15) is 0 Å². The number of hydrogen-bond donors (Lipinski definition) is 1. The summed E-state index contributed by atoms with van der Waals surface area (Å²) in [5, 5.41) is 3.02. The van der Waals surface area contributed by atoms with Crippen molar-refractivity contribution >= 4 is 5.91 Å². The first-order valence-corrected chi connectivity index (χ1v) is 4.82. The maximum absolute atomic E-state index is 11.0. The van der Waals surface area contributed by atoms with Crippen LogP contribution >= 0.6 is 0 Å². The molecular formula is C11H19NO. The minimum atomic E-state index is -0.0191. The van der Waals surface area contributed by atoms with Gasteiger partial charge in [-0.25, -0.2) is 0 Å². The van der Waals surface area contributed by atoms with Crippen LogP contribution in [0.15, 0.2) is 12.7 Å². The average molecular weight is 181 g/mol. The van der Waals surface area contributed by atoms with E-state index in [4.69, 9.17) is 0 Å². The van der Waals surface area contributed by atoms with Crippen LogP contribution in [-0.4, -0.2) is 11.4 Å². The van der Waals surface area contributed by atoms with Crippen molar-refractivity contribution in [2.24, 2.45) is 5.41 Å². The third kappa shape index (κ3) is 2.33. The second-order valence-electron chi connectivity index (χ2n) is 4.78. The van der Waals surface area contributed by atoms with Gasteiger partial charge in [0.2, 0.25) is 5.91 Å². The smallest absolute Gasteiger partial charge is 0.217 e. The number of hydrogen-bond acceptors (Lipinski definition) is 1. The largest absolute Gasteiger partial charge is 0.351 e. The van der Waals surface area contributed by atoms with E-state index in [-0.39, 0.29) is 16.9 Å². The van der Waals surface area contributed by atoms with Crippen LogP contribution < -0.4 is 5.32 Å². The van der Waals surface area contributed by atoms with Gasteiger partial charge in [0.25, 0.3) is 0 Å². The Bertz CT molecular complexity index is 236. The average Bonchev–Trinajstić information content (AvgIpc) is 2.27. The Hall–Kier alpha value is -0.790. The van der Waals surface area contributed by atoms with Crippen molar-refractivity contribution in [2.75, 3.05) is 0 Å². The van der Waals surface area contributed by atoms with Crippen molar-refractivity contribution in [3.63, 3.8) is 0 Å². The lowest BCUT2D eigenvalue weighted by molar-refractivity contribution is -0.120. The van der Waals surface area contributed by atoms with E-state index in [1.165, 1.54) is 0 Å². The van der Waals surface area contributed by atoms with Gasteiger partial charge >= 0.3 is 0 Å². The Morgan fingerprint density at radius 3 is 2.46 bits per heavy atom. The molecule has 2 unspecified atom stereocenters. The van der Waals surface area contributed by atoms with E-state index in [1.807, 2.05) is 6.08 Å². The fourth-order valence-corrected chi connectivity index (χ4v) is 2.34. The van der Waals surface area contributed by atoms with E-state index in [0.717, 1.165) is 19.3 Å². The summed E-state index contributed by atoms with van der Waals surface area (Å²) in [6.45, 7) is 9.74. The molecule has 0 radical (unpaired) electrons. The molecule has 2 nitrogen and oxygen atoms in total. The van der Waals surface area contributed by atoms with E-state index in [0.29, 0.717) is 0 Å². The molecular weight excluding hydrogens is 162 g/mol. The highest BCUT2D eigenvalue weighted by Crippen LogP contribution is 2.44. The van der Waals surface area contributed by atoms with Crippen LogP contribution in [0.3, 0.4) is 0 Å². The minimum absolute atomic E-state index is 0.0191. The molecule has 74 valence electrons. The monoisotopic (exact) mass is 181 g/mol. The molecule has 0 saturated heterocycles. The quantitative estimate of drug-likeness (QED) is 0.650. The van der Waals surface area contributed by atoms with Gasteiger partial charge in [-0.1, -0.05) is 13.0 Å².